The molecular weight excluding hydrogens is 309 g/mol. The molecule has 0 aliphatic rings. The van der Waals surface area contributed by atoms with Gasteiger partial charge in [0.2, 0.25) is 0 Å². The Hall–Kier alpha value is -1.42. The van der Waals surface area contributed by atoms with Crippen molar-refractivity contribution in [2.24, 2.45) is 5.73 Å². The molecule has 2 N–H and O–H groups in total. The molecule has 0 unspecified atom stereocenters. The molecule has 2 aromatic carbocycles. The number of hydrogen-bond donors (Lipinski definition) is 1. The summed E-state index contributed by atoms with van der Waals surface area (Å²) in [5.41, 5.74) is 8.32. The van der Waals surface area contributed by atoms with Gasteiger partial charge in [0.15, 0.2) is 11.5 Å². The predicted octanol–water partition coefficient (Wildman–Crippen LogP) is 4.18. The molecule has 0 fully saturated rings. The van der Waals surface area contributed by atoms with Crippen LogP contribution >= 0.6 is 23.2 Å². The molecule has 112 valence electrons. The van der Waals surface area contributed by atoms with E-state index in [9.17, 15) is 0 Å². The molecule has 0 radical (unpaired) electrons. The standard InChI is InChI=1S/C16H17Cl2NO2/c1-20-14-6-3-10(9-15(14)21-2)11-4-5-13(17)12(7-8-19)16(11)18/h3-6,9H,7-8,19H2,1-2H3. The molecule has 0 amide bonds. The van der Waals surface area contributed by atoms with E-state index in [4.69, 9.17) is 38.4 Å². The van der Waals surface area contributed by atoms with Crippen molar-refractivity contribution in [2.45, 2.75) is 6.42 Å². The second-order valence-electron chi connectivity index (χ2n) is 4.50. The van der Waals surface area contributed by atoms with E-state index in [2.05, 4.69) is 0 Å². The summed E-state index contributed by atoms with van der Waals surface area (Å²) in [6, 6.07) is 9.40. The van der Waals surface area contributed by atoms with E-state index in [-0.39, 0.29) is 0 Å². The smallest absolute Gasteiger partial charge is 0.161 e. The van der Waals surface area contributed by atoms with Crippen molar-refractivity contribution in [3.63, 3.8) is 0 Å². The number of benzene rings is 2. The van der Waals surface area contributed by atoms with Crippen molar-refractivity contribution in [1.29, 1.82) is 0 Å². The fourth-order valence-corrected chi connectivity index (χ4v) is 2.87. The van der Waals surface area contributed by atoms with Crippen molar-refractivity contribution in [3.05, 3.63) is 45.9 Å². The minimum absolute atomic E-state index is 0.495. The van der Waals surface area contributed by atoms with Gasteiger partial charge in [0, 0.05) is 10.6 Å². The van der Waals surface area contributed by atoms with Gasteiger partial charge < -0.3 is 15.2 Å². The Balaban J connectivity index is 2.54. The zero-order valence-corrected chi connectivity index (χ0v) is 13.5. The largest absolute Gasteiger partial charge is 0.493 e. The van der Waals surface area contributed by atoms with Crippen LogP contribution in [0.1, 0.15) is 5.56 Å². The Morgan fingerprint density at radius 3 is 2.33 bits per heavy atom. The Kier molecular flexibility index (Phi) is 5.34. The van der Waals surface area contributed by atoms with Crippen LogP contribution in [0.2, 0.25) is 10.0 Å². The number of halogens is 2. The van der Waals surface area contributed by atoms with Gasteiger partial charge in [-0.05, 0) is 42.3 Å². The number of rotatable bonds is 5. The fraction of sp³-hybridized carbons (Fsp3) is 0.250. The van der Waals surface area contributed by atoms with Gasteiger partial charge in [0.05, 0.1) is 19.2 Å². The minimum Gasteiger partial charge on any atom is -0.493 e. The SMILES string of the molecule is COc1ccc(-c2ccc(Cl)c(CCN)c2Cl)cc1OC. The highest BCUT2D eigenvalue weighted by molar-refractivity contribution is 6.37. The van der Waals surface area contributed by atoms with Crippen LogP contribution in [0.15, 0.2) is 30.3 Å². The van der Waals surface area contributed by atoms with Gasteiger partial charge in [-0.25, -0.2) is 0 Å². The van der Waals surface area contributed by atoms with Crippen LogP contribution in [-0.4, -0.2) is 20.8 Å². The summed E-state index contributed by atoms with van der Waals surface area (Å²) in [5, 5.41) is 1.26. The quantitative estimate of drug-likeness (QED) is 0.896. The summed E-state index contributed by atoms with van der Waals surface area (Å²) < 4.78 is 10.6. The molecule has 0 atom stereocenters. The molecule has 21 heavy (non-hydrogen) atoms. The first-order valence-corrected chi connectivity index (χ1v) is 7.27. The first-order valence-electron chi connectivity index (χ1n) is 6.51. The molecule has 0 heterocycles. The van der Waals surface area contributed by atoms with Crippen LogP contribution in [0.5, 0.6) is 11.5 Å². The normalized spacial score (nSPS) is 10.5. The summed E-state index contributed by atoms with van der Waals surface area (Å²) >= 11 is 12.7. The summed E-state index contributed by atoms with van der Waals surface area (Å²) in [6.07, 6.45) is 0.638. The lowest BCUT2D eigenvalue weighted by atomic mass is 10.0. The second kappa shape index (κ2) is 7.03. The van der Waals surface area contributed by atoms with Crippen LogP contribution in [0.4, 0.5) is 0 Å². The van der Waals surface area contributed by atoms with Crippen molar-refractivity contribution < 1.29 is 9.47 Å². The Morgan fingerprint density at radius 2 is 1.71 bits per heavy atom. The fourth-order valence-electron chi connectivity index (χ4n) is 2.20. The van der Waals surface area contributed by atoms with E-state index in [0.29, 0.717) is 34.5 Å². The van der Waals surface area contributed by atoms with Gasteiger partial charge in [0.1, 0.15) is 0 Å². The lowest BCUT2D eigenvalue weighted by molar-refractivity contribution is 0.355. The predicted molar refractivity (Wildman–Crippen MR) is 87.8 cm³/mol. The topological polar surface area (TPSA) is 44.5 Å². The van der Waals surface area contributed by atoms with Crippen molar-refractivity contribution in [3.8, 4) is 22.6 Å². The Morgan fingerprint density at radius 1 is 1.00 bits per heavy atom. The maximum absolute atomic E-state index is 6.48. The second-order valence-corrected chi connectivity index (χ2v) is 5.28. The first-order chi connectivity index (χ1) is 10.1. The third-order valence-corrected chi connectivity index (χ3v) is 4.06. The van der Waals surface area contributed by atoms with Gasteiger partial charge in [-0.3, -0.25) is 0 Å². The van der Waals surface area contributed by atoms with Crippen LogP contribution in [0.25, 0.3) is 11.1 Å². The molecule has 0 aliphatic carbocycles. The van der Waals surface area contributed by atoms with Crippen molar-refractivity contribution in [1.82, 2.24) is 0 Å². The maximum Gasteiger partial charge on any atom is 0.161 e. The molecule has 0 aliphatic heterocycles. The number of methoxy groups -OCH3 is 2. The van der Waals surface area contributed by atoms with Crippen LogP contribution in [-0.2, 0) is 6.42 Å². The number of hydrogen-bond acceptors (Lipinski definition) is 3. The molecule has 2 aromatic rings. The minimum atomic E-state index is 0.495. The van der Waals surface area contributed by atoms with Crippen LogP contribution in [0, 0.1) is 0 Å². The molecule has 3 nitrogen and oxygen atoms in total. The average molecular weight is 326 g/mol. The van der Waals surface area contributed by atoms with E-state index in [1.165, 1.54) is 0 Å². The molecular formula is C16H17Cl2NO2. The molecule has 0 saturated heterocycles. The van der Waals surface area contributed by atoms with E-state index < -0.39 is 0 Å². The number of ether oxygens (including phenoxy) is 2. The zero-order valence-electron chi connectivity index (χ0n) is 12.0. The van der Waals surface area contributed by atoms with Crippen molar-refractivity contribution >= 4 is 23.2 Å². The summed E-state index contributed by atoms with van der Waals surface area (Å²) in [5.74, 6) is 1.33. The van der Waals surface area contributed by atoms with Crippen LogP contribution < -0.4 is 15.2 Å². The number of nitrogens with two attached hydrogens (primary N) is 1. The highest BCUT2D eigenvalue weighted by Gasteiger charge is 2.13. The maximum atomic E-state index is 6.48. The van der Waals surface area contributed by atoms with Crippen LogP contribution in [0.3, 0.4) is 0 Å². The Bertz CT molecular complexity index is 644. The summed E-state index contributed by atoms with van der Waals surface area (Å²) in [4.78, 5) is 0. The molecule has 0 spiro atoms. The average Bonchev–Trinajstić information content (AvgIpc) is 2.51. The zero-order chi connectivity index (χ0) is 15.4. The molecule has 0 aromatic heterocycles. The molecule has 0 bridgehead atoms. The van der Waals surface area contributed by atoms with E-state index >= 15 is 0 Å². The van der Waals surface area contributed by atoms with Gasteiger partial charge >= 0.3 is 0 Å². The van der Waals surface area contributed by atoms with E-state index in [1.807, 2.05) is 30.3 Å². The van der Waals surface area contributed by atoms with Gasteiger partial charge in [0.25, 0.3) is 0 Å². The van der Waals surface area contributed by atoms with Crippen molar-refractivity contribution in [2.75, 3.05) is 20.8 Å². The highest BCUT2D eigenvalue weighted by atomic mass is 35.5. The van der Waals surface area contributed by atoms with Gasteiger partial charge in [-0.15, -0.1) is 0 Å². The molecule has 5 heteroatoms. The lowest BCUT2D eigenvalue weighted by Gasteiger charge is -2.13. The summed E-state index contributed by atoms with van der Waals surface area (Å²) in [6.45, 7) is 0.495. The highest BCUT2D eigenvalue weighted by Crippen LogP contribution is 2.38. The Labute approximate surface area is 134 Å². The first kappa shape index (κ1) is 16.0. The molecule has 0 saturated carbocycles. The van der Waals surface area contributed by atoms with Gasteiger partial charge in [-0.2, -0.15) is 0 Å². The third-order valence-electron chi connectivity index (χ3n) is 3.27. The summed E-state index contributed by atoms with van der Waals surface area (Å²) in [7, 11) is 3.21. The van der Waals surface area contributed by atoms with E-state index in [0.717, 1.165) is 16.7 Å². The third kappa shape index (κ3) is 3.26. The monoisotopic (exact) mass is 325 g/mol. The van der Waals surface area contributed by atoms with Gasteiger partial charge in [-0.1, -0.05) is 35.3 Å². The van der Waals surface area contributed by atoms with E-state index in [1.54, 1.807) is 14.2 Å². The molecule has 2 rings (SSSR count). The lowest BCUT2D eigenvalue weighted by Crippen LogP contribution is -2.04.